The molecular formula is C14H12FNOS. The predicted octanol–water partition coefficient (Wildman–Crippen LogP) is 3.80. The molecule has 0 saturated carbocycles. The second kappa shape index (κ2) is 5.31. The quantitative estimate of drug-likeness (QED) is 0.787. The topological polar surface area (TPSA) is 30.0 Å². The van der Waals surface area contributed by atoms with Gasteiger partial charge in [0, 0.05) is 16.2 Å². The lowest BCUT2D eigenvalue weighted by Crippen LogP contribution is -1.88. The molecule has 1 aromatic heterocycles. The maximum atomic E-state index is 13.3. The number of hydrogen-bond acceptors (Lipinski definition) is 3. The van der Waals surface area contributed by atoms with Gasteiger partial charge in [0.25, 0.3) is 0 Å². The van der Waals surface area contributed by atoms with Crippen LogP contribution in [0.15, 0.2) is 40.3 Å². The van der Waals surface area contributed by atoms with Gasteiger partial charge >= 0.3 is 0 Å². The molecule has 0 amide bonds. The first kappa shape index (κ1) is 12.8. The highest BCUT2D eigenvalue weighted by atomic mass is 32.2. The van der Waals surface area contributed by atoms with Gasteiger partial charge in [0.05, 0.1) is 0 Å². The van der Waals surface area contributed by atoms with Crippen LogP contribution in [0.5, 0.6) is 0 Å². The zero-order valence-corrected chi connectivity index (χ0v) is 10.9. The van der Waals surface area contributed by atoms with E-state index in [9.17, 15) is 9.18 Å². The van der Waals surface area contributed by atoms with Crippen LogP contribution in [0, 0.1) is 19.7 Å². The van der Waals surface area contributed by atoms with Crippen molar-refractivity contribution in [1.82, 2.24) is 4.98 Å². The van der Waals surface area contributed by atoms with Gasteiger partial charge in [0.15, 0.2) is 0 Å². The molecule has 2 nitrogen and oxygen atoms in total. The summed E-state index contributed by atoms with van der Waals surface area (Å²) in [6.07, 6.45) is 0.641. The van der Waals surface area contributed by atoms with Gasteiger partial charge in [0.1, 0.15) is 17.1 Å². The Kier molecular flexibility index (Phi) is 3.77. The van der Waals surface area contributed by atoms with Gasteiger partial charge in [-0.25, -0.2) is 9.37 Å². The molecule has 0 saturated heterocycles. The van der Waals surface area contributed by atoms with Crippen LogP contribution in [0.3, 0.4) is 0 Å². The van der Waals surface area contributed by atoms with Crippen LogP contribution < -0.4 is 0 Å². The Labute approximate surface area is 109 Å². The Balaban J connectivity index is 2.33. The van der Waals surface area contributed by atoms with Crippen molar-refractivity contribution in [3.05, 3.63) is 53.0 Å². The van der Waals surface area contributed by atoms with E-state index in [2.05, 4.69) is 4.98 Å². The highest BCUT2D eigenvalue weighted by molar-refractivity contribution is 7.99. The Hall–Kier alpha value is -1.68. The van der Waals surface area contributed by atoms with E-state index in [0.717, 1.165) is 16.3 Å². The van der Waals surface area contributed by atoms with Crippen molar-refractivity contribution in [3.8, 4) is 0 Å². The van der Waals surface area contributed by atoms with Crippen molar-refractivity contribution in [3.63, 3.8) is 0 Å². The molecule has 1 heterocycles. The summed E-state index contributed by atoms with van der Waals surface area (Å²) in [4.78, 5) is 15.7. The minimum absolute atomic E-state index is 0.335. The number of aldehydes is 1. The molecule has 1 aromatic carbocycles. The van der Waals surface area contributed by atoms with Gasteiger partial charge in [-0.15, -0.1) is 0 Å². The Morgan fingerprint density at radius 1 is 1.17 bits per heavy atom. The molecule has 0 bridgehead atoms. The molecule has 0 atom stereocenters. The molecule has 0 aliphatic carbocycles. The van der Waals surface area contributed by atoms with E-state index in [1.807, 2.05) is 26.0 Å². The van der Waals surface area contributed by atoms with Crippen LogP contribution in [0.1, 0.15) is 21.6 Å². The van der Waals surface area contributed by atoms with E-state index in [0.29, 0.717) is 16.7 Å². The van der Waals surface area contributed by atoms with Crippen LogP contribution in [0.4, 0.5) is 4.39 Å². The number of hydrogen-bond donors (Lipinski definition) is 0. The van der Waals surface area contributed by atoms with E-state index < -0.39 is 5.82 Å². The third-order valence-corrected chi connectivity index (χ3v) is 3.22. The lowest BCUT2D eigenvalue weighted by molar-refractivity contribution is 0.112. The van der Waals surface area contributed by atoms with Crippen molar-refractivity contribution >= 4 is 18.0 Å². The molecule has 0 radical (unpaired) electrons. The Morgan fingerprint density at radius 2 is 1.94 bits per heavy atom. The minimum atomic E-state index is -0.411. The summed E-state index contributed by atoms with van der Waals surface area (Å²) in [5, 5.41) is 0.801. The molecule has 0 spiro atoms. The summed E-state index contributed by atoms with van der Waals surface area (Å²) in [5.74, 6) is -0.411. The highest BCUT2D eigenvalue weighted by Crippen LogP contribution is 2.28. The van der Waals surface area contributed by atoms with Crippen LogP contribution in [0.2, 0.25) is 0 Å². The van der Waals surface area contributed by atoms with E-state index >= 15 is 0 Å². The number of benzene rings is 1. The fraction of sp³-hybridized carbons (Fsp3) is 0.143. The smallest absolute Gasteiger partial charge is 0.150 e. The van der Waals surface area contributed by atoms with Gasteiger partial charge in [0.2, 0.25) is 0 Å². The standard InChI is InChI=1S/C14H12FNOS/c1-9-3-10(2)16-14(4-9)18-13-6-11(8-17)5-12(15)7-13/h3-8H,1-2H3. The molecule has 2 aromatic rings. The average molecular weight is 261 g/mol. The summed E-state index contributed by atoms with van der Waals surface area (Å²) >= 11 is 1.35. The molecule has 0 aliphatic rings. The maximum Gasteiger partial charge on any atom is 0.150 e. The number of halogens is 1. The first-order chi connectivity index (χ1) is 8.56. The lowest BCUT2D eigenvalue weighted by atomic mass is 10.2. The van der Waals surface area contributed by atoms with Crippen molar-refractivity contribution < 1.29 is 9.18 Å². The second-order valence-electron chi connectivity index (χ2n) is 4.06. The van der Waals surface area contributed by atoms with E-state index in [1.165, 1.54) is 23.9 Å². The molecule has 0 fully saturated rings. The minimum Gasteiger partial charge on any atom is -0.298 e. The summed E-state index contributed by atoms with van der Waals surface area (Å²) in [6, 6.07) is 8.18. The number of carbonyl (C=O) groups is 1. The maximum absolute atomic E-state index is 13.3. The summed E-state index contributed by atoms with van der Waals surface area (Å²) in [6.45, 7) is 3.90. The second-order valence-corrected chi connectivity index (χ2v) is 5.16. The van der Waals surface area contributed by atoms with Gasteiger partial charge in [-0.1, -0.05) is 11.8 Å². The van der Waals surface area contributed by atoms with Crippen molar-refractivity contribution in [1.29, 1.82) is 0 Å². The number of aryl methyl sites for hydroxylation is 2. The first-order valence-corrected chi connectivity index (χ1v) is 6.27. The van der Waals surface area contributed by atoms with Gasteiger partial charge < -0.3 is 0 Å². The van der Waals surface area contributed by atoms with Crippen LogP contribution >= 0.6 is 11.8 Å². The monoisotopic (exact) mass is 261 g/mol. The van der Waals surface area contributed by atoms with Gasteiger partial charge in [-0.3, -0.25) is 4.79 Å². The summed E-state index contributed by atoms with van der Waals surface area (Å²) in [7, 11) is 0. The fourth-order valence-electron chi connectivity index (χ4n) is 1.69. The molecule has 0 aliphatic heterocycles. The van der Waals surface area contributed by atoms with Crippen LogP contribution in [-0.4, -0.2) is 11.3 Å². The summed E-state index contributed by atoms with van der Waals surface area (Å²) in [5.41, 5.74) is 2.36. The molecular weight excluding hydrogens is 249 g/mol. The molecule has 4 heteroatoms. The number of rotatable bonds is 3. The van der Waals surface area contributed by atoms with Gasteiger partial charge in [-0.2, -0.15) is 0 Å². The number of carbonyl (C=O) groups excluding carboxylic acids is 1. The Morgan fingerprint density at radius 3 is 2.61 bits per heavy atom. The average Bonchev–Trinajstić information content (AvgIpc) is 2.26. The number of pyridine rings is 1. The van der Waals surface area contributed by atoms with Crippen molar-refractivity contribution in [2.24, 2.45) is 0 Å². The zero-order valence-electron chi connectivity index (χ0n) is 10.1. The predicted molar refractivity (Wildman–Crippen MR) is 69.6 cm³/mol. The highest BCUT2D eigenvalue weighted by Gasteiger charge is 2.04. The third kappa shape index (κ3) is 3.17. The number of nitrogens with zero attached hydrogens (tertiary/aromatic N) is 1. The normalized spacial score (nSPS) is 10.4. The largest absolute Gasteiger partial charge is 0.298 e. The molecule has 0 N–H and O–H groups in total. The van der Waals surface area contributed by atoms with Crippen LogP contribution in [0.25, 0.3) is 0 Å². The Bertz CT molecular complexity index is 578. The van der Waals surface area contributed by atoms with Gasteiger partial charge in [-0.05, 0) is 49.7 Å². The molecule has 2 rings (SSSR count). The number of aromatic nitrogens is 1. The van der Waals surface area contributed by atoms with E-state index in [-0.39, 0.29) is 0 Å². The molecule has 0 unspecified atom stereocenters. The van der Waals surface area contributed by atoms with E-state index in [1.54, 1.807) is 6.07 Å². The van der Waals surface area contributed by atoms with Crippen molar-refractivity contribution in [2.45, 2.75) is 23.8 Å². The molecule has 18 heavy (non-hydrogen) atoms. The molecule has 92 valence electrons. The fourth-order valence-corrected chi connectivity index (χ4v) is 2.73. The SMILES string of the molecule is Cc1cc(C)nc(Sc2cc(F)cc(C=O)c2)c1. The van der Waals surface area contributed by atoms with Crippen molar-refractivity contribution in [2.75, 3.05) is 0 Å². The lowest BCUT2D eigenvalue weighted by Gasteiger charge is -2.04. The zero-order chi connectivity index (χ0) is 13.1. The third-order valence-electron chi connectivity index (χ3n) is 2.33. The summed E-state index contributed by atoms with van der Waals surface area (Å²) < 4.78 is 13.3. The first-order valence-electron chi connectivity index (χ1n) is 5.46. The van der Waals surface area contributed by atoms with E-state index in [4.69, 9.17) is 0 Å². The van der Waals surface area contributed by atoms with Crippen LogP contribution in [-0.2, 0) is 0 Å².